The van der Waals surface area contributed by atoms with Crippen molar-refractivity contribution in [2.45, 2.75) is 25.4 Å². The molecule has 2 aromatic rings. The van der Waals surface area contributed by atoms with Crippen molar-refractivity contribution in [1.29, 1.82) is 0 Å². The Bertz CT molecular complexity index is 658. The number of benzene rings is 1. The second kappa shape index (κ2) is 5.10. The van der Waals surface area contributed by atoms with E-state index in [4.69, 9.17) is 0 Å². The molecule has 0 radical (unpaired) electrons. The van der Waals surface area contributed by atoms with Crippen LogP contribution < -0.4 is 4.72 Å². The molecule has 19 heavy (non-hydrogen) atoms. The number of rotatable bonds is 4. The summed E-state index contributed by atoms with van der Waals surface area (Å²) < 4.78 is 39.6. The van der Waals surface area contributed by atoms with E-state index in [1.54, 1.807) is 26.0 Å². The van der Waals surface area contributed by atoms with Crippen molar-refractivity contribution in [3.05, 3.63) is 46.9 Å². The van der Waals surface area contributed by atoms with Crippen molar-refractivity contribution in [1.82, 2.24) is 14.9 Å². The van der Waals surface area contributed by atoms with Crippen LogP contribution in [0.2, 0.25) is 0 Å². The first-order valence-electron chi connectivity index (χ1n) is 5.65. The molecule has 0 spiro atoms. The van der Waals surface area contributed by atoms with Gasteiger partial charge < -0.3 is 0 Å². The molecular weight excluding hydrogens is 269 g/mol. The summed E-state index contributed by atoms with van der Waals surface area (Å²) in [7, 11) is -3.61. The van der Waals surface area contributed by atoms with Gasteiger partial charge in [-0.05, 0) is 36.6 Å². The molecule has 0 saturated heterocycles. The maximum atomic E-state index is 13.5. The zero-order valence-electron chi connectivity index (χ0n) is 10.6. The molecule has 102 valence electrons. The highest BCUT2D eigenvalue weighted by molar-refractivity contribution is 7.89. The van der Waals surface area contributed by atoms with Gasteiger partial charge in [0.2, 0.25) is 0 Å². The minimum absolute atomic E-state index is 0.00283. The van der Waals surface area contributed by atoms with Crippen LogP contribution in [0.1, 0.15) is 16.7 Å². The third-order valence-electron chi connectivity index (χ3n) is 2.73. The maximum absolute atomic E-state index is 13.5. The van der Waals surface area contributed by atoms with Crippen molar-refractivity contribution < 1.29 is 12.8 Å². The quantitative estimate of drug-likeness (QED) is 0.895. The summed E-state index contributed by atoms with van der Waals surface area (Å²) in [4.78, 5) is 0. The molecule has 0 aliphatic carbocycles. The Kier molecular flexibility index (Phi) is 3.68. The van der Waals surface area contributed by atoms with Crippen molar-refractivity contribution in [3.63, 3.8) is 0 Å². The molecule has 1 heterocycles. The summed E-state index contributed by atoms with van der Waals surface area (Å²) in [6.45, 7) is 3.40. The predicted molar refractivity (Wildman–Crippen MR) is 68.5 cm³/mol. The van der Waals surface area contributed by atoms with Crippen molar-refractivity contribution >= 4 is 10.0 Å². The van der Waals surface area contributed by atoms with Crippen LogP contribution in [0.25, 0.3) is 0 Å². The lowest BCUT2D eigenvalue weighted by Crippen LogP contribution is -2.23. The summed E-state index contributed by atoms with van der Waals surface area (Å²) in [5.74, 6) is -0.264. The summed E-state index contributed by atoms with van der Waals surface area (Å²) in [5.41, 5.74) is 1.70. The maximum Gasteiger partial charge on any atom is 0.257 e. The van der Waals surface area contributed by atoms with Crippen LogP contribution in [0.5, 0.6) is 0 Å². The first kappa shape index (κ1) is 13.7. The summed E-state index contributed by atoms with van der Waals surface area (Å²) in [5, 5.41) is 5.98. The van der Waals surface area contributed by atoms with Gasteiger partial charge in [0.05, 0.1) is 6.20 Å². The zero-order chi connectivity index (χ0) is 14.0. The van der Waals surface area contributed by atoms with Crippen LogP contribution in [0, 0.1) is 19.7 Å². The van der Waals surface area contributed by atoms with Crippen LogP contribution >= 0.6 is 0 Å². The Morgan fingerprint density at radius 1 is 1.32 bits per heavy atom. The number of hydrogen-bond donors (Lipinski definition) is 2. The second-order valence-corrected chi connectivity index (χ2v) is 6.02. The van der Waals surface area contributed by atoms with Crippen molar-refractivity contribution in [2.24, 2.45) is 0 Å². The molecule has 0 bridgehead atoms. The lowest BCUT2D eigenvalue weighted by Gasteiger charge is -2.08. The Balaban J connectivity index is 2.16. The molecule has 2 N–H and O–H groups in total. The average molecular weight is 283 g/mol. The molecule has 1 aromatic heterocycles. The number of aromatic amines is 1. The minimum atomic E-state index is -3.61. The Morgan fingerprint density at radius 3 is 2.47 bits per heavy atom. The normalized spacial score (nSPS) is 11.7. The monoisotopic (exact) mass is 283 g/mol. The lowest BCUT2D eigenvalue weighted by molar-refractivity contribution is 0.576. The fourth-order valence-electron chi connectivity index (χ4n) is 1.79. The molecule has 1 aromatic carbocycles. The minimum Gasteiger partial charge on any atom is -0.266 e. The smallest absolute Gasteiger partial charge is 0.257 e. The highest BCUT2D eigenvalue weighted by Crippen LogP contribution is 2.15. The largest absolute Gasteiger partial charge is 0.266 e. The number of aryl methyl sites for hydroxylation is 2. The average Bonchev–Trinajstić information content (AvgIpc) is 2.88. The Morgan fingerprint density at radius 2 is 1.95 bits per heavy atom. The zero-order valence-corrected chi connectivity index (χ0v) is 11.4. The van der Waals surface area contributed by atoms with Gasteiger partial charge in [-0.2, -0.15) is 5.10 Å². The number of aromatic nitrogens is 2. The van der Waals surface area contributed by atoms with E-state index in [1.165, 1.54) is 12.3 Å². The number of nitrogens with zero attached hydrogens (tertiary/aromatic N) is 1. The fraction of sp³-hybridized carbons (Fsp3) is 0.250. The number of hydrogen-bond acceptors (Lipinski definition) is 3. The van der Waals surface area contributed by atoms with E-state index in [0.717, 1.165) is 0 Å². The molecule has 7 heteroatoms. The van der Waals surface area contributed by atoms with E-state index >= 15 is 0 Å². The first-order chi connectivity index (χ1) is 8.90. The second-order valence-electron chi connectivity index (χ2n) is 4.29. The molecular formula is C12H14FN3O2S. The van der Waals surface area contributed by atoms with Crippen LogP contribution in [-0.2, 0) is 16.6 Å². The van der Waals surface area contributed by atoms with Crippen LogP contribution in [-0.4, -0.2) is 18.6 Å². The number of H-pyrrole nitrogens is 1. The van der Waals surface area contributed by atoms with E-state index in [1.807, 2.05) is 0 Å². The molecule has 0 atom stereocenters. The molecule has 5 nitrogen and oxygen atoms in total. The highest BCUT2D eigenvalue weighted by Gasteiger charge is 2.15. The van der Waals surface area contributed by atoms with E-state index in [0.29, 0.717) is 16.7 Å². The van der Waals surface area contributed by atoms with Crippen LogP contribution in [0.3, 0.4) is 0 Å². The standard InChI is InChI=1S/C12H14FN3O2S/c1-8-5-10(6-9(2)12(8)13)7-15-19(17,18)11-3-4-14-16-11/h3-6,15H,7H2,1-2H3,(H,14,16). The first-order valence-corrected chi connectivity index (χ1v) is 7.13. The number of halogens is 1. The van der Waals surface area contributed by atoms with Crippen molar-refractivity contribution in [2.75, 3.05) is 0 Å². The third kappa shape index (κ3) is 2.99. The van der Waals surface area contributed by atoms with Crippen LogP contribution in [0.4, 0.5) is 4.39 Å². The molecule has 0 unspecified atom stereocenters. The van der Waals surface area contributed by atoms with Gasteiger partial charge >= 0.3 is 0 Å². The fourth-order valence-corrected chi connectivity index (χ4v) is 2.71. The van der Waals surface area contributed by atoms with Gasteiger partial charge in [0.1, 0.15) is 5.82 Å². The molecule has 0 fully saturated rings. The van der Waals surface area contributed by atoms with Gasteiger partial charge in [-0.3, -0.25) is 5.10 Å². The number of sulfonamides is 1. The number of nitrogens with one attached hydrogen (secondary N) is 2. The molecule has 0 aliphatic heterocycles. The SMILES string of the molecule is Cc1cc(CNS(=O)(=O)c2ccn[nH]2)cc(C)c1F. The Labute approximate surface area is 110 Å². The lowest BCUT2D eigenvalue weighted by atomic mass is 10.1. The van der Waals surface area contributed by atoms with E-state index in [2.05, 4.69) is 14.9 Å². The molecule has 0 saturated carbocycles. The van der Waals surface area contributed by atoms with E-state index < -0.39 is 10.0 Å². The third-order valence-corrected chi connectivity index (χ3v) is 4.06. The van der Waals surface area contributed by atoms with Gasteiger partial charge in [-0.1, -0.05) is 12.1 Å². The van der Waals surface area contributed by atoms with Gasteiger partial charge in [-0.15, -0.1) is 0 Å². The summed E-state index contributed by atoms with van der Waals surface area (Å²) >= 11 is 0. The predicted octanol–water partition coefficient (Wildman–Crippen LogP) is 1.64. The highest BCUT2D eigenvalue weighted by atomic mass is 32.2. The summed E-state index contributed by atoms with van der Waals surface area (Å²) in [6.07, 6.45) is 1.36. The topological polar surface area (TPSA) is 74.8 Å². The van der Waals surface area contributed by atoms with Gasteiger partial charge in [0.25, 0.3) is 10.0 Å². The Hall–Kier alpha value is -1.73. The van der Waals surface area contributed by atoms with Gasteiger partial charge in [0, 0.05) is 6.54 Å². The molecule has 2 rings (SSSR count). The molecule has 0 aliphatic rings. The van der Waals surface area contributed by atoms with E-state index in [-0.39, 0.29) is 17.4 Å². The van der Waals surface area contributed by atoms with Gasteiger partial charge in [-0.25, -0.2) is 17.5 Å². The van der Waals surface area contributed by atoms with Crippen LogP contribution in [0.15, 0.2) is 29.4 Å². The van der Waals surface area contributed by atoms with Crippen molar-refractivity contribution in [3.8, 4) is 0 Å². The molecule has 0 amide bonds. The van der Waals surface area contributed by atoms with E-state index in [9.17, 15) is 12.8 Å². The van der Waals surface area contributed by atoms with Gasteiger partial charge in [0.15, 0.2) is 5.03 Å². The summed E-state index contributed by atoms with van der Waals surface area (Å²) in [6, 6.07) is 4.61.